The van der Waals surface area contributed by atoms with E-state index in [1.807, 2.05) is 19.2 Å². The minimum absolute atomic E-state index is 0.0938. The van der Waals surface area contributed by atoms with Gasteiger partial charge in [-0.3, -0.25) is 4.79 Å². The van der Waals surface area contributed by atoms with Gasteiger partial charge in [-0.05, 0) is 48.8 Å². The van der Waals surface area contributed by atoms with Crippen molar-refractivity contribution in [3.05, 3.63) is 35.0 Å². The van der Waals surface area contributed by atoms with Gasteiger partial charge in [0.15, 0.2) is 5.82 Å². The first-order valence-electron chi connectivity index (χ1n) is 11.5. The highest BCUT2D eigenvalue weighted by Crippen LogP contribution is 2.34. The lowest BCUT2D eigenvalue weighted by atomic mass is 10.1. The van der Waals surface area contributed by atoms with Crippen molar-refractivity contribution in [3.63, 3.8) is 0 Å². The fourth-order valence-corrected chi connectivity index (χ4v) is 6.31. The number of aryl methyl sites for hydroxylation is 1. The molecule has 8 nitrogen and oxygen atoms in total. The quantitative estimate of drug-likeness (QED) is 0.661. The molecular formula is C23H29ClN6O2S. The molecule has 1 unspecified atom stereocenters. The Morgan fingerprint density at radius 3 is 2.67 bits per heavy atom. The Balaban J connectivity index is 1.37. The second kappa shape index (κ2) is 9.19. The van der Waals surface area contributed by atoms with Gasteiger partial charge < -0.3 is 24.6 Å². The van der Waals surface area contributed by atoms with E-state index in [-0.39, 0.29) is 18.0 Å². The summed E-state index contributed by atoms with van der Waals surface area (Å²) in [6.45, 7) is 5.32. The van der Waals surface area contributed by atoms with Crippen molar-refractivity contribution >= 4 is 46.1 Å². The molecule has 3 aliphatic heterocycles. The highest BCUT2D eigenvalue weighted by molar-refractivity contribution is 7.91. The van der Waals surface area contributed by atoms with Crippen LogP contribution < -0.4 is 15.1 Å². The van der Waals surface area contributed by atoms with Crippen LogP contribution in [0.15, 0.2) is 29.2 Å². The first-order chi connectivity index (χ1) is 15.9. The third-order valence-corrected chi connectivity index (χ3v) is 8.43. The Kier molecular flexibility index (Phi) is 6.28. The van der Waals surface area contributed by atoms with Crippen molar-refractivity contribution in [1.29, 1.82) is 0 Å². The van der Waals surface area contributed by atoms with Crippen LogP contribution in [0, 0.1) is 0 Å². The lowest BCUT2D eigenvalue weighted by molar-refractivity contribution is -0.132. The van der Waals surface area contributed by atoms with Crippen LogP contribution in [0.3, 0.4) is 0 Å². The number of piperazine rings is 1. The maximum atomic E-state index is 12.7. The lowest BCUT2D eigenvalue weighted by Gasteiger charge is -2.41. The van der Waals surface area contributed by atoms with Crippen LogP contribution in [0.4, 0.5) is 17.5 Å². The van der Waals surface area contributed by atoms with Crippen molar-refractivity contribution < 1.29 is 9.35 Å². The zero-order valence-electron chi connectivity index (χ0n) is 19.0. The molecule has 0 radical (unpaired) electrons. The third-order valence-electron chi connectivity index (χ3n) is 6.72. The van der Waals surface area contributed by atoms with Crippen LogP contribution in [-0.2, 0) is 22.4 Å². The molecule has 33 heavy (non-hydrogen) atoms. The Labute approximate surface area is 202 Å². The summed E-state index contributed by atoms with van der Waals surface area (Å²) in [6, 6.07) is 8.26. The molecule has 1 amide bonds. The fourth-order valence-electron chi connectivity index (χ4n) is 4.87. The number of benzene rings is 1. The summed E-state index contributed by atoms with van der Waals surface area (Å²) in [7, 11) is 1.83. The predicted molar refractivity (Wildman–Crippen MR) is 132 cm³/mol. The average molecular weight is 489 g/mol. The van der Waals surface area contributed by atoms with Gasteiger partial charge >= 0.3 is 0 Å². The minimum Gasteiger partial charge on any atom is -0.611 e. The number of hydrogen-bond donors (Lipinski definition) is 1. The van der Waals surface area contributed by atoms with Crippen LogP contribution in [0.5, 0.6) is 0 Å². The smallest absolute Gasteiger partial charge is 0.228 e. The van der Waals surface area contributed by atoms with E-state index in [1.54, 1.807) is 4.90 Å². The zero-order valence-corrected chi connectivity index (χ0v) is 20.5. The number of likely N-dealkylation sites (N-methyl/N-ethyl adjacent to an activating group) is 1. The number of halogens is 1. The molecule has 4 heterocycles. The van der Waals surface area contributed by atoms with Crippen LogP contribution in [0.25, 0.3) is 0 Å². The standard InChI is InChI=1S/C23H29ClN6O2S/c1-15-13-29(18-6-3-16(24)4-7-18)10-11-30(15)23-26-19-9-12-33(32)21(19)22(27-23)25-17-5-8-20(31)28(2)14-17/h3-4,6-7,15,17H,5,8-14H2,1-2H3,(H,25,26,27)/t15-,17-,33?/m0/s1. The number of likely N-dealkylation sites (tertiary alicyclic amines) is 1. The number of fused-ring (bicyclic) bond motifs is 1. The average Bonchev–Trinajstić information content (AvgIpc) is 3.17. The summed E-state index contributed by atoms with van der Waals surface area (Å²) < 4.78 is 12.7. The molecule has 2 aromatic rings. The summed E-state index contributed by atoms with van der Waals surface area (Å²) in [6.07, 6.45) is 1.97. The van der Waals surface area contributed by atoms with E-state index >= 15 is 0 Å². The maximum Gasteiger partial charge on any atom is 0.228 e. The number of carbonyl (C=O) groups is 1. The van der Waals surface area contributed by atoms with Gasteiger partial charge in [-0.25, -0.2) is 4.98 Å². The monoisotopic (exact) mass is 488 g/mol. The van der Waals surface area contributed by atoms with Gasteiger partial charge in [0.1, 0.15) is 11.4 Å². The molecule has 2 fully saturated rings. The number of amides is 1. The molecule has 1 aromatic heterocycles. The Morgan fingerprint density at radius 1 is 1.15 bits per heavy atom. The number of nitrogens with one attached hydrogen (secondary N) is 1. The number of rotatable bonds is 4. The van der Waals surface area contributed by atoms with Gasteiger partial charge in [-0.15, -0.1) is 0 Å². The minimum atomic E-state index is -1.09. The van der Waals surface area contributed by atoms with Gasteiger partial charge in [0.25, 0.3) is 0 Å². The van der Waals surface area contributed by atoms with Gasteiger partial charge in [0, 0.05) is 68.9 Å². The van der Waals surface area contributed by atoms with Crippen molar-refractivity contribution in [1.82, 2.24) is 14.9 Å². The molecule has 2 saturated heterocycles. The van der Waals surface area contributed by atoms with Crippen LogP contribution in [0.1, 0.15) is 25.5 Å². The number of hydrogen-bond acceptors (Lipinski definition) is 7. The molecule has 10 heteroatoms. The van der Waals surface area contributed by atoms with Crippen molar-refractivity contribution in [2.75, 3.05) is 54.1 Å². The van der Waals surface area contributed by atoms with E-state index in [2.05, 4.69) is 34.2 Å². The van der Waals surface area contributed by atoms with E-state index in [0.29, 0.717) is 36.9 Å². The van der Waals surface area contributed by atoms with Crippen molar-refractivity contribution in [3.8, 4) is 0 Å². The molecule has 0 bridgehead atoms. The van der Waals surface area contributed by atoms with E-state index in [4.69, 9.17) is 21.6 Å². The number of aromatic nitrogens is 2. The van der Waals surface area contributed by atoms with Gasteiger partial charge in [-0.2, -0.15) is 4.98 Å². The highest BCUT2D eigenvalue weighted by atomic mass is 35.5. The molecule has 1 N–H and O–H groups in total. The zero-order chi connectivity index (χ0) is 23.1. The van der Waals surface area contributed by atoms with Gasteiger partial charge in [-0.1, -0.05) is 11.6 Å². The number of piperidine rings is 1. The topological polar surface area (TPSA) is 87.7 Å². The second-order valence-electron chi connectivity index (χ2n) is 9.07. The third kappa shape index (κ3) is 4.58. The van der Waals surface area contributed by atoms with Gasteiger partial charge in [0.2, 0.25) is 16.8 Å². The van der Waals surface area contributed by atoms with Gasteiger partial charge in [0.05, 0.1) is 0 Å². The molecule has 3 atom stereocenters. The van der Waals surface area contributed by atoms with E-state index < -0.39 is 11.2 Å². The summed E-state index contributed by atoms with van der Waals surface area (Å²) in [5, 5.41) is 4.25. The van der Waals surface area contributed by atoms with Crippen LogP contribution in [-0.4, -0.2) is 76.4 Å². The van der Waals surface area contributed by atoms with Crippen LogP contribution in [0.2, 0.25) is 5.02 Å². The maximum absolute atomic E-state index is 12.7. The molecule has 3 aliphatic rings. The highest BCUT2D eigenvalue weighted by Gasteiger charge is 2.36. The van der Waals surface area contributed by atoms with Crippen molar-refractivity contribution in [2.45, 2.75) is 43.2 Å². The van der Waals surface area contributed by atoms with Crippen LogP contribution >= 0.6 is 11.6 Å². The first-order valence-corrected chi connectivity index (χ1v) is 13.2. The summed E-state index contributed by atoms with van der Waals surface area (Å²) in [5.74, 6) is 2.12. The Morgan fingerprint density at radius 2 is 1.94 bits per heavy atom. The summed E-state index contributed by atoms with van der Waals surface area (Å²) in [5.41, 5.74) is 2.04. The van der Waals surface area contributed by atoms with E-state index in [1.165, 1.54) is 0 Å². The molecule has 0 aliphatic carbocycles. The lowest BCUT2D eigenvalue weighted by Crippen LogP contribution is -2.53. The number of nitrogens with zero attached hydrogens (tertiary/aromatic N) is 5. The number of carbonyl (C=O) groups excluding carboxylic acids is 1. The normalized spacial score (nSPS) is 25.4. The molecule has 0 saturated carbocycles. The second-order valence-corrected chi connectivity index (χ2v) is 11.0. The molecule has 176 valence electrons. The Hall–Kier alpha value is -2.23. The van der Waals surface area contributed by atoms with E-state index in [9.17, 15) is 9.35 Å². The molecular weight excluding hydrogens is 460 g/mol. The molecule has 1 aromatic carbocycles. The largest absolute Gasteiger partial charge is 0.611 e. The SMILES string of the molecule is C[C@H]1CN(c2ccc(Cl)cc2)CCN1c1nc2c(c(N[C@H]3CCC(=O)N(C)C3)n1)[S+]([O-])CC2. The fraction of sp³-hybridized carbons (Fsp3) is 0.522. The number of anilines is 3. The Bertz CT molecular complexity index is 1040. The summed E-state index contributed by atoms with van der Waals surface area (Å²) >= 11 is 4.96. The van der Waals surface area contributed by atoms with E-state index in [0.717, 1.165) is 47.4 Å². The molecule has 0 spiro atoms. The first kappa shape index (κ1) is 22.6. The van der Waals surface area contributed by atoms with Crippen molar-refractivity contribution in [2.24, 2.45) is 0 Å². The molecule has 5 rings (SSSR count). The predicted octanol–water partition coefficient (Wildman–Crippen LogP) is 2.54. The summed E-state index contributed by atoms with van der Waals surface area (Å²) in [4.78, 5) is 28.7.